The monoisotopic (exact) mass is 271 g/mol. The molecule has 1 heterocycles. The lowest BCUT2D eigenvalue weighted by molar-refractivity contribution is 0.462. The number of hydrogen-bond acceptors (Lipinski definition) is 2. The van der Waals surface area contributed by atoms with E-state index in [9.17, 15) is 0 Å². The smallest absolute Gasteiger partial charge is 0.0762 e. The Labute approximate surface area is 122 Å². The molecular weight excluding hydrogens is 246 g/mol. The highest BCUT2D eigenvalue weighted by Crippen LogP contribution is 2.21. The quantitative estimate of drug-likeness (QED) is 0.871. The molecule has 1 aromatic carbocycles. The van der Waals surface area contributed by atoms with E-state index in [4.69, 9.17) is 0 Å². The summed E-state index contributed by atoms with van der Waals surface area (Å²) in [7, 11) is 0. The second kappa shape index (κ2) is 6.23. The summed E-state index contributed by atoms with van der Waals surface area (Å²) < 4.78 is 2.00. The normalized spacial score (nSPS) is 12.1. The van der Waals surface area contributed by atoms with Gasteiger partial charge < -0.3 is 5.32 Å². The molecule has 0 amide bonds. The van der Waals surface area contributed by atoms with Crippen molar-refractivity contribution in [3.05, 3.63) is 53.9 Å². The van der Waals surface area contributed by atoms with Crippen molar-refractivity contribution in [3.63, 3.8) is 0 Å². The van der Waals surface area contributed by atoms with Crippen LogP contribution in [0.4, 0.5) is 0 Å². The summed E-state index contributed by atoms with van der Waals surface area (Å²) in [5, 5.41) is 8.07. The summed E-state index contributed by atoms with van der Waals surface area (Å²) in [5.41, 5.74) is 2.59. The van der Waals surface area contributed by atoms with Crippen LogP contribution in [0.15, 0.2) is 42.6 Å². The highest BCUT2D eigenvalue weighted by atomic mass is 15.3. The molecule has 1 N–H and O–H groups in total. The van der Waals surface area contributed by atoms with E-state index in [0.29, 0.717) is 6.04 Å². The van der Waals surface area contributed by atoms with Gasteiger partial charge in [-0.3, -0.25) is 4.68 Å². The van der Waals surface area contributed by atoms with Crippen molar-refractivity contribution < 1.29 is 0 Å². The zero-order chi connectivity index (χ0) is 14.6. The number of nitrogens with zero attached hydrogens (tertiary/aromatic N) is 2. The highest BCUT2D eigenvalue weighted by molar-refractivity contribution is 5.23. The van der Waals surface area contributed by atoms with Crippen LogP contribution in [0.2, 0.25) is 0 Å². The van der Waals surface area contributed by atoms with E-state index >= 15 is 0 Å². The summed E-state index contributed by atoms with van der Waals surface area (Å²) in [5.74, 6) is 0. The lowest BCUT2D eigenvalue weighted by Crippen LogP contribution is -2.32. The molecule has 0 fully saturated rings. The fourth-order valence-electron chi connectivity index (χ4n) is 2.25. The fraction of sp³-hybridized carbons (Fsp3) is 0.471. The topological polar surface area (TPSA) is 29.9 Å². The van der Waals surface area contributed by atoms with Crippen LogP contribution in [-0.4, -0.2) is 16.3 Å². The van der Waals surface area contributed by atoms with Crippen molar-refractivity contribution in [2.45, 2.75) is 45.7 Å². The van der Waals surface area contributed by atoms with E-state index in [-0.39, 0.29) is 5.41 Å². The van der Waals surface area contributed by atoms with Gasteiger partial charge in [-0.05, 0) is 25.5 Å². The first-order valence-electron chi connectivity index (χ1n) is 7.29. The van der Waals surface area contributed by atoms with E-state index in [1.807, 2.05) is 10.9 Å². The van der Waals surface area contributed by atoms with Gasteiger partial charge in [0.15, 0.2) is 0 Å². The minimum absolute atomic E-state index is 0.127. The van der Waals surface area contributed by atoms with Gasteiger partial charge in [-0.15, -0.1) is 0 Å². The van der Waals surface area contributed by atoms with Crippen molar-refractivity contribution >= 4 is 0 Å². The predicted octanol–water partition coefficient (Wildman–Crippen LogP) is 3.53. The summed E-state index contributed by atoms with van der Waals surface area (Å²) >= 11 is 0. The zero-order valence-corrected chi connectivity index (χ0v) is 12.9. The zero-order valence-electron chi connectivity index (χ0n) is 12.9. The standard InChI is InChI=1S/C17H25N3/c1-14(2)20-11-10-16(19-20)12-18-13-17(3,4)15-8-6-5-7-9-15/h5-11,14,18H,12-13H2,1-4H3. The molecule has 0 aliphatic carbocycles. The third kappa shape index (κ3) is 3.70. The van der Waals surface area contributed by atoms with E-state index in [2.05, 4.69) is 74.5 Å². The molecule has 1 aromatic heterocycles. The molecular formula is C17H25N3. The largest absolute Gasteiger partial charge is 0.310 e. The van der Waals surface area contributed by atoms with Gasteiger partial charge in [0.25, 0.3) is 0 Å². The summed E-state index contributed by atoms with van der Waals surface area (Å²) in [6, 6.07) is 13.1. The van der Waals surface area contributed by atoms with Crippen LogP contribution in [0.5, 0.6) is 0 Å². The maximum absolute atomic E-state index is 4.56. The van der Waals surface area contributed by atoms with Gasteiger partial charge in [0.1, 0.15) is 0 Å². The first-order valence-corrected chi connectivity index (χ1v) is 7.29. The lowest BCUT2D eigenvalue weighted by atomic mass is 9.84. The van der Waals surface area contributed by atoms with Crippen molar-refractivity contribution in [2.24, 2.45) is 0 Å². The summed E-state index contributed by atoms with van der Waals surface area (Å²) in [4.78, 5) is 0. The second-order valence-corrected chi connectivity index (χ2v) is 6.23. The second-order valence-electron chi connectivity index (χ2n) is 6.23. The molecule has 0 atom stereocenters. The van der Waals surface area contributed by atoms with Crippen LogP contribution in [0.25, 0.3) is 0 Å². The Kier molecular flexibility index (Phi) is 4.61. The maximum Gasteiger partial charge on any atom is 0.0762 e. The SMILES string of the molecule is CC(C)n1ccc(CNCC(C)(C)c2ccccc2)n1. The van der Waals surface area contributed by atoms with E-state index in [0.717, 1.165) is 18.8 Å². The minimum atomic E-state index is 0.127. The molecule has 2 rings (SSSR count). The third-order valence-electron chi connectivity index (χ3n) is 3.62. The Morgan fingerprint density at radius 2 is 1.85 bits per heavy atom. The fourth-order valence-corrected chi connectivity index (χ4v) is 2.25. The molecule has 0 unspecified atom stereocenters. The molecule has 0 saturated carbocycles. The van der Waals surface area contributed by atoms with Crippen molar-refractivity contribution in [2.75, 3.05) is 6.54 Å². The molecule has 108 valence electrons. The van der Waals surface area contributed by atoms with Gasteiger partial charge in [-0.1, -0.05) is 44.2 Å². The summed E-state index contributed by atoms with van der Waals surface area (Å²) in [6.45, 7) is 10.6. The van der Waals surface area contributed by atoms with Crippen LogP contribution >= 0.6 is 0 Å². The van der Waals surface area contributed by atoms with Gasteiger partial charge in [-0.25, -0.2) is 0 Å². The molecule has 0 spiro atoms. The Hall–Kier alpha value is -1.61. The van der Waals surface area contributed by atoms with Crippen LogP contribution in [0.3, 0.4) is 0 Å². The van der Waals surface area contributed by atoms with Crippen LogP contribution in [-0.2, 0) is 12.0 Å². The Morgan fingerprint density at radius 3 is 2.45 bits per heavy atom. The van der Waals surface area contributed by atoms with Crippen LogP contribution in [0.1, 0.15) is 45.0 Å². The minimum Gasteiger partial charge on any atom is -0.310 e. The molecule has 3 heteroatoms. The average molecular weight is 271 g/mol. The van der Waals surface area contributed by atoms with E-state index in [1.165, 1.54) is 5.56 Å². The molecule has 0 aliphatic rings. The number of nitrogens with one attached hydrogen (secondary N) is 1. The van der Waals surface area contributed by atoms with Gasteiger partial charge in [-0.2, -0.15) is 5.10 Å². The first kappa shape index (κ1) is 14.8. The highest BCUT2D eigenvalue weighted by Gasteiger charge is 2.19. The van der Waals surface area contributed by atoms with Crippen molar-refractivity contribution in [3.8, 4) is 0 Å². The molecule has 0 bridgehead atoms. The molecule has 0 saturated heterocycles. The Balaban J connectivity index is 1.88. The molecule has 20 heavy (non-hydrogen) atoms. The Bertz CT molecular complexity index is 526. The predicted molar refractivity (Wildman–Crippen MR) is 83.8 cm³/mol. The number of aromatic nitrogens is 2. The number of rotatable bonds is 6. The maximum atomic E-state index is 4.56. The molecule has 0 radical (unpaired) electrons. The number of benzene rings is 1. The van der Waals surface area contributed by atoms with Crippen molar-refractivity contribution in [1.29, 1.82) is 0 Å². The van der Waals surface area contributed by atoms with Crippen LogP contribution < -0.4 is 5.32 Å². The third-order valence-corrected chi connectivity index (χ3v) is 3.62. The molecule has 0 aliphatic heterocycles. The Morgan fingerprint density at radius 1 is 1.15 bits per heavy atom. The van der Waals surface area contributed by atoms with Gasteiger partial charge in [0.05, 0.1) is 5.69 Å². The first-order chi connectivity index (χ1) is 9.49. The van der Waals surface area contributed by atoms with Crippen LogP contribution in [0, 0.1) is 0 Å². The average Bonchev–Trinajstić information content (AvgIpc) is 2.89. The summed E-state index contributed by atoms with van der Waals surface area (Å²) in [6.07, 6.45) is 2.05. The van der Waals surface area contributed by atoms with E-state index < -0.39 is 0 Å². The van der Waals surface area contributed by atoms with E-state index in [1.54, 1.807) is 0 Å². The van der Waals surface area contributed by atoms with Gasteiger partial charge in [0, 0.05) is 30.7 Å². The lowest BCUT2D eigenvalue weighted by Gasteiger charge is -2.25. The van der Waals surface area contributed by atoms with Gasteiger partial charge in [0.2, 0.25) is 0 Å². The van der Waals surface area contributed by atoms with Gasteiger partial charge >= 0.3 is 0 Å². The van der Waals surface area contributed by atoms with Crippen molar-refractivity contribution in [1.82, 2.24) is 15.1 Å². The molecule has 2 aromatic rings. The molecule has 3 nitrogen and oxygen atoms in total. The number of hydrogen-bond donors (Lipinski definition) is 1.